The van der Waals surface area contributed by atoms with Crippen molar-refractivity contribution >= 4 is 16.7 Å². The number of anilines is 1. The first kappa shape index (κ1) is 17.6. The van der Waals surface area contributed by atoms with Crippen molar-refractivity contribution in [1.82, 2.24) is 24.0 Å². The number of likely N-dealkylation sites (tertiary alicyclic amines) is 1. The Morgan fingerprint density at radius 2 is 2.19 bits per heavy atom. The molecule has 0 aromatic carbocycles. The van der Waals surface area contributed by atoms with E-state index in [0.29, 0.717) is 12.6 Å². The molecule has 140 valence electrons. The molecule has 1 aliphatic heterocycles. The molecule has 0 bridgehead atoms. The number of nitrogens with one attached hydrogen (secondary N) is 1. The van der Waals surface area contributed by atoms with Crippen LogP contribution in [0.25, 0.3) is 0 Å². The highest BCUT2D eigenvalue weighted by atomic mass is 32.1. The Morgan fingerprint density at radius 1 is 1.27 bits per heavy atom. The van der Waals surface area contributed by atoms with Crippen LogP contribution in [0, 0.1) is 6.92 Å². The van der Waals surface area contributed by atoms with Crippen LogP contribution in [0.4, 0.5) is 5.13 Å². The molecule has 0 spiro atoms. The first-order chi connectivity index (χ1) is 12.7. The summed E-state index contributed by atoms with van der Waals surface area (Å²) in [6, 6.07) is 2.26. The lowest BCUT2D eigenvalue weighted by Gasteiger charge is -2.35. The van der Waals surface area contributed by atoms with Crippen LogP contribution in [0.15, 0.2) is 10.9 Å². The van der Waals surface area contributed by atoms with Crippen LogP contribution < -0.4 is 10.9 Å². The van der Waals surface area contributed by atoms with Crippen LogP contribution in [-0.4, -0.2) is 49.7 Å². The number of aryl methyl sites for hydroxylation is 3. The molecule has 0 radical (unpaired) electrons. The van der Waals surface area contributed by atoms with Crippen molar-refractivity contribution in [3.8, 4) is 0 Å². The van der Waals surface area contributed by atoms with Crippen LogP contribution >= 0.6 is 11.5 Å². The Hall–Kier alpha value is -1.80. The molecule has 2 aliphatic rings. The van der Waals surface area contributed by atoms with E-state index in [4.69, 9.17) is 0 Å². The van der Waals surface area contributed by atoms with E-state index in [-0.39, 0.29) is 5.56 Å². The number of hydrogen-bond donors (Lipinski definition) is 1. The third-order valence-electron chi connectivity index (χ3n) is 5.39. The molecule has 1 aliphatic carbocycles. The molecule has 26 heavy (non-hydrogen) atoms. The number of hydrogen-bond acceptors (Lipinski definition) is 7. The summed E-state index contributed by atoms with van der Waals surface area (Å²) in [4.78, 5) is 19.2. The van der Waals surface area contributed by atoms with Crippen molar-refractivity contribution < 1.29 is 0 Å². The molecule has 3 heterocycles. The summed E-state index contributed by atoms with van der Waals surface area (Å²) in [7, 11) is 0. The van der Waals surface area contributed by atoms with E-state index in [1.807, 2.05) is 6.92 Å². The normalized spacial score (nSPS) is 20.3. The van der Waals surface area contributed by atoms with E-state index in [2.05, 4.69) is 24.7 Å². The molecule has 1 fully saturated rings. The third kappa shape index (κ3) is 3.96. The molecular formula is C18H26N6OS. The van der Waals surface area contributed by atoms with Gasteiger partial charge in [-0.2, -0.15) is 9.47 Å². The smallest absolute Gasteiger partial charge is 0.267 e. The molecule has 2 aromatic rings. The van der Waals surface area contributed by atoms with Crippen LogP contribution in [0.5, 0.6) is 0 Å². The summed E-state index contributed by atoms with van der Waals surface area (Å²) in [6.07, 6.45) is 6.79. The molecular weight excluding hydrogens is 348 g/mol. The zero-order valence-electron chi connectivity index (χ0n) is 15.3. The van der Waals surface area contributed by atoms with Crippen molar-refractivity contribution in [2.75, 3.05) is 25.0 Å². The first-order valence-corrected chi connectivity index (χ1v) is 10.3. The van der Waals surface area contributed by atoms with Gasteiger partial charge in [0, 0.05) is 36.7 Å². The summed E-state index contributed by atoms with van der Waals surface area (Å²) >= 11 is 1.42. The summed E-state index contributed by atoms with van der Waals surface area (Å²) in [6.45, 7) is 5.41. The van der Waals surface area contributed by atoms with E-state index >= 15 is 0 Å². The average molecular weight is 375 g/mol. The van der Waals surface area contributed by atoms with Gasteiger partial charge in [0.25, 0.3) is 5.56 Å². The molecule has 0 amide bonds. The molecule has 0 saturated carbocycles. The number of fused-ring (bicyclic) bond motifs is 1. The number of nitrogens with zero attached hydrogens (tertiary/aromatic N) is 5. The lowest BCUT2D eigenvalue weighted by molar-refractivity contribution is 0.148. The van der Waals surface area contributed by atoms with E-state index in [1.165, 1.54) is 30.8 Å². The highest BCUT2D eigenvalue weighted by Crippen LogP contribution is 2.19. The lowest BCUT2D eigenvalue weighted by atomic mass is 10.0. The standard InChI is InChI=1S/C18H26N6OS/c1-13-20-18(26-22-13)19-12-15-6-2-3-8-23(15)9-10-24-17(25)11-14-5-4-7-16(14)21-24/h11,15H,2-10,12H2,1H3,(H,19,20,22). The van der Waals surface area contributed by atoms with Gasteiger partial charge < -0.3 is 5.32 Å². The van der Waals surface area contributed by atoms with Gasteiger partial charge in [-0.1, -0.05) is 6.42 Å². The predicted molar refractivity (Wildman–Crippen MR) is 103 cm³/mol. The van der Waals surface area contributed by atoms with Gasteiger partial charge in [-0.25, -0.2) is 9.67 Å². The molecule has 4 rings (SSSR count). The molecule has 2 aromatic heterocycles. The summed E-state index contributed by atoms with van der Waals surface area (Å²) in [5, 5.41) is 8.92. The van der Waals surface area contributed by atoms with Gasteiger partial charge in [0.2, 0.25) is 5.13 Å². The Bertz CT molecular complexity index is 816. The number of aromatic nitrogens is 4. The minimum Gasteiger partial charge on any atom is -0.359 e. The molecule has 1 atom stereocenters. The van der Waals surface area contributed by atoms with Gasteiger partial charge >= 0.3 is 0 Å². The molecule has 1 saturated heterocycles. The van der Waals surface area contributed by atoms with Crippen molar-refractivity contribution in [2.45, 2.75) is 58.0 Å². The van der Waals surface area contributed by atoms with Gasteiger partial charge in [0.15, 0.2) is 0 Å². The third-order valence-corrected chi connectivity index (χ3v) is 6.15. The van der Waals surface area contributed by atoms with Gasteiger partial charge in [0.1, 0.15) is 5.82 Å². The first-order valence-electron chi connectivity index (χ1n) is 9.57. The van der Waals surface area contributed by atoms with E-state index in [0.717, 1.165) is 61.1 Å². The van der Waals surface area contributed by atoms with Gasteiger partial charge in [-0.15, -0.1) is 0 Å². The second-order valence-corrected chi connectivity index (χ2v) is 8.00. The predicted octanol–water partition coefficient (Wildman–Crippen LogP) is 1.86. The fourth-order valence-electron chi connectivity index (χ4n) is 3.98. The summed E-state index contributed by atoms with van der Waals surface area (Å²) in [5.74, 6) is 0.819. The molecule has 1 unspecified atom stereocenters. The van der Waals surface area contributed by atoms with Crippen LogP contribution in [0.2, 0.25) is 0 Å². The van der Waals surface area contributed by atoms with Gasteiger partial charge in [-0.3, -0.25) is 9.69 Å². The Kier molecular flexibility index (Phi) is 5.31. The minimum absolute atomic E-state index is 0.0432. The molecule has 7 nitrogen and oxygen atoms in total. The Labute approximate surface area is 157 Å². The van der Waals surface area contributed by atoms with E-state index < -0.39 is 0 Å². The van der Waals surface area contributed by atoms with E-state index in [1.54, 1.807) is 10.7 Å². The zero-order valence-corrected chi connectivity index (χ0v) is 16.1. The summed E-state index contributed by atoms with van der Waals surface area (Å²) < 4.78 is 5.89. The molecule has 8 heteroatoms. The van der Waals surface area contributed by atoms with Crippen LogP contribution in [0.1, 0.15) is 42.8 Å². The highest BCUT2D eigenvalue weighted by molar-refractivity contribution is 7.09. The van der Waals surface area contributed by atoms with Crippen molar-refractivity contribution in [3.05, 3.63) is 33.5 Å². The van der Waals surface area contributed by atoms with E-state index in [9.17, 15) is 4.79 Å². The van der Waals surface area contributed by atoms with Crippen molar-refractivity contribution in [1.29, 1.82) is 0 Å². The number of rotatable bonds is 6. The monoisotopic (exact) mass is 374 g/mol. The van der Waals surface area contributed by atoms with Crippen molar-refractivity contribution in [2.24, 2.45) is 0 Å². The zero-order chi connectivity index (χ0) is 17.9. The maximum atomic E-state index is 12.3. The fourth-order valence-corrected chi connectivity index (χ4v) is 4.56. The van der Waals surface area contributed by atoms with Crippen molar-refractivity contribution in [3.63, 3.8) is 0 Å². The lowest BCUT2D eigenvalue weighted by Crippen LogP contribution is -2.45. The number of piperidine rings is 1. The van der Waals surface area contributed by atoms with Crippen LogP contribution in [-0.2, 0) is 19.4 Å². The highest BCUT2D eigenvalue weighted by Gasteiger charge is 2.23. The largest absolute Gasteiger partial charge is 0.359 e. The summed E-state index contributed by atoms with van der Waals surface area (Å²) in [5.41, 5.74) is 2.31. The van der Waals surface area contributed by atoms with Gasteiger partial charge in [0.05, 0.1) is 12.2 Å². The quantitative estimate of drug-likeness (QED) is 0.832. The molecule has 1 N–H and O–H groups in total. The Balaban J connectivity index is 1.37. The Morgan fingerprint density at radius 3 is 3.04 bits per heavy atom. The maximum absolute atomic E-state index is 12.3. The topological polar surface area (TPSA) is 75.9 Å². The minimum atomic E-state index is 0.0432. The van der Waals surface area contributed by atoms with Gasteiger partial charge in [-0.05, 0) is 51.1 Å². The van der Waals surface area contributed by atoms with Crippen LogP contribution in [0.3, 0.4) is 0 Å². The average Bonchev–Trinajstić information content (AvgIpc) is 3.27. The second-order valence-electron chi connectivity index (χ2n) is 7.24. The second kappa shape index (κ2) is 7.84. The SMILES string of the molecule is Cc1nsc(NCC2CCCCN2CCn2nc3c(cc2=O)CCC3)n1. The maximum Gasteiger partial charge on any atom is 0.267 e. The fraction of sp³-hybridized carbons (Fsp3) is 0.667.